The Morgan fingerprint density at radius 2 is 1.66 bits per heavy atom. The molecule has 0 aliphatic rings. The number of hydrogen-bond donors (Lipinski definition) is 5. The zero-order valence-corrected chi connectivity index (χ0v) is 22.9. The van der Waals surface area contributed by atoms with Crippen molar-refractivity contribution in [2.24, 2.45) is 0 Å². The number of nitrogens with one attached hydrogen (secondary N) is 2. The molecule has 0 aliphatic carbocycles. The van der Waals surface area contributed by atoms with Crippen molar-refractivity contribution in [2.45, 2.75) is 25.5 Å². The van der Waals surface area contributed by atoms with E-state index in [4.69, 9.17) is 9.47 Å². The molecule has 0 fully saturated rings. The van der Waals surface area contributed by atoms with E-state index < -0.39 is 23.5 Å². The fourth-order valence-electron chi connectivity index (χ4n) is 3.52. The Morgan fingerprint density at radius 1 is 0.974 bits per heavy atom. The summed E-state index contributed by atoms with van der Waals surface area (Å²) in [5.41, 5.74) is 0.942. The van der Waals surface area contributed by atoms with Gasteiger partial charge in [0.25, 0.3) is 7.37 Å². The van der Waals surface area contributed by atoms with Crippen LogP contribution in [0.4, 0.5) is 5.69 Å². The van der Waals surface area contributed by atoms with E-state index in [-0.39, 0.29) is 42.7 Å². The molecule has 0 bridgehead atoms. The topological polar surface area (TPSA) is 154 Å². The van der Waals surface area contributed by atoms with Crippen LogP contribution in [0, 0.1) is 0 Å². The number of hydrogen-bond acceptors (Lipinski definition) is 8. The first-order valence-corrected chi connectivity index (χ1v) is 15.6. The van der Waals surface area contributed by atoms with Crippen molar-refractivity contribution in [1.82, 2.24) is 5.32 Å². The lowest BCUT2D eigenvalue weighted by molar-refractivity contribution is 0.104. The summed E-state index contributed by atoms with van der Waals surface area (Å²) < 4.78 is 48.7. The van der Waals surface area contributed by atoms with E-state index in [2.05, 4.69) is 10.0 Å². The van der Waals surface area contributed by atoms with E-state index in [0.29, 0.717) is 17.5 Å². The molecule has 3 atom stereocenters. The molecule has 3 aromatic rings. The molecule has 0 spiro atoms. The Bertz CT molecular complexity index is 1340. The van der Waals surface area contributed by atoms with E-state index in [1.807, 2.05) is 13.0 Å². The van der Waals surface area contributed by atoms with E-state index in [9.17, 15) is 28.1 Å². The molecule has 10 nitrogen and oxygen atoms in total. The number of aliphatic hydroxyl groups excluding tert-OH is 1. The lowest BCUT2D eigenvalue weighted by Crippen LogP contribution is -2.37. The minimum Gasteiger partial charge on any atom is -0.506 e. The van der Waals surface area contributed by atoms with Crippen molar-refractivity contribution in [3.8, 4) is 17.2 Å². The van der Waals surface area contributed by atoms with Crippen LogP contribution in [0.1, 0.15) is 12.5 Å². The van der Waals surface area contributed by atoms with Crippen molar-refractivity contribution in [3.05, 3.63) is 78.4 Å². The molecule has 206 valence electrons. The standard InChI is InChI=1S/C26H33N2O8PS/c1-19(27-16-21(29)17-35-23-10-13-26(30)25(15-23)28-38(2,33)34)14-20-8-11-24(12-9-20)37(31,32)18-36-22-6-4-3-5-7-22/h3-13,15,19,21,27-30H,14,16-18H2,1-2H3,(H,31,32)/t19-,21+/m1/s1. The van der Waals surface area contributed by atoms with Gasteiger partial charge in [-0.2, -0.15) is 0 Å². The highest BCUT2D eigenvalue weighted by Gasteiger charge is 2.22. The third-order valence-electron chi connectivity index (χ3n) is 5.44. The first kappa shape index (κ1) is 29.5. The van der Waals surface area contributed by atoms with E-state index in [1.165, 1.54) is 18.2 Å². The van der Waals surface area contributed by atoms with Gasteiger partial charge < -0.3 is 29.9 Å². The fourth-order valence-corrected chi connectivity index (χ4v) is 5.17. The van der Waals surface area contributed by atoms with Crippen molar-refractivity contribution in [2.75, 3.05) is 30.5 Å². The summed E-state index contributed by atoms with van der Waals surface area (Å²) in [5.74, 6) is 0.577. The largest absolute Gasteiger partial charge is 0.506 e. The summed E-state index contributed by atoms with van der Waals surface area (Å²) in [4.78, 5) is 10.4. The molecule has 0 aromatic heterocycles. The highest BCUT2D eigenvalue weighted by Crippen LogP contribution is 2.39. The number of anilines is 1. The summed E-state index contributed by atoms with van der Waals surface area (Å²) in [7, 11) is -7.24. The Hall–Kier alpha value is -3.08. The van der Waals surface area contributed by atoms with Gasteiger partial charge in [0.2, 0.25) is 10.0 Å². The Kier molecular flexibility index (Phi) is 10.2. The monoisotopic (exact) mass is 564 g/mol. The summed E-state index contributed by atoms with van der Waals surface area (Å²) in [5, 5.41) is 23.6. The molecule has 3 rings (SSSR count). The predicted octanol–water partition coefficient (Wildman–Crippen LogP) is 2.66. The minimum atomic E-state index is -3.67. The van der Waals surface area contributed by atoms with Gasteiger partial charge >= 0.3 is 0 Å². The van der Waals surface area contributed by atoms with Gasteiger partial charge in [-0.3, -0.25) is 9.29 Å². The maximum Gasteiger partial charge on any atom is 0.265 e. The molecule has 1 unspecified atom stereocenters. The van der Waals surface area contributed by atoms with Crippen molar-refractivity contribution < 1.29 is 37.6 Å². The smallest absolute Gasteiger partial charge is 0.265 e. The first-order chi connectivity index (χ1) is 17.9. The average molecular weight is 565 g/mol. The molecule has 0 saturated heterocycles. The SMILES string of the molecule is C[C@H](Cc1ccc(P(=O)(O)COc2ccccc2)cc1)NC[C@H](O)COc1ccc(O)c(NS(C)(=O)=O)c1. The van der Waals surface area contributed by atoms with Crippen LogP contribution in [-0.2, 0) is 21.0 Å². The van der Waals surface area contributed by atoms with Crippen LogP contribution in [0.5, 0.6) is 17.2 Å². The number of aliphatic hydroxyl groups is 1. The van der Waals surface area contributed by atoms with Gasteiger partial charge in [-0.25, -0.2) is 8.42 Å². The second-order valence-electron chi connectivity index (χ2n) is 8.99. The highest BCUT2D eigenvalue weighted by molar-refractivity contribution is 7.92. The van der Waals surface area contributed by atoms with Gasteiger partial charge in [-0.1, -0.05) is 30.3 Å². The van der Waals surface area contributed by atoms with Gasteiger partial charge in [-0.05, 0) is 55.3 Å². The summed E-state index contributed by atoms with van der Waals surface area (Å²) in [6, 6.07) is 19.8. The Labute approximate surface area is 222 Å². The van der Waals surface area contributed by atoms with Gasteiger partial charge in [0, 0.05) is 24.0 Å². The van der Waals surface area contributed by atoms with Crippen LogP contribution >= 0.6 is 7.37 Å². The molecule has 0 amide bonds. The van der Waals surface area contributed by atoms with Crippen LogP contribution in [0.25, 0.3) is 0 Å². The van der Waals surface area contributed by atoms with Crippen LogP contribution in [0.15, 0.2) is 72.8 Å². The predicted molar refractivity (Wildman–Crippen MR) is 147 cm³/mol. The second-order valence-corrected chi connectivity index (χ2v) is 12.9. The summed E-state index contributed by atoms with van der Waals surface area (Å²) in [6.07, 6.45) is 0.444. The van der Waals surface area contributed by atoms with Crippen molar-refractivity contribution >= 4 is 28.4 Å². The van der Waals surface area contributed by atoms with Gasteiger partial charge in [0.05, 0.1) is 11.9 Å². The molecular weight excluding hydrogens is 531 g/mol. The number of phenolic OH excluding ortho intramolecular Hbond substituents is 1. The Balaban J connectivity index is 1.43. The maximum absolute atomic E-state index is 12.7. The third-order valence-corrected chi connectivity index (χ3v) is 7.61. The third kappa shape index (κ3) is 9.66. The van der Waals surface area contributed by atoms with Crippen molar-refractivity contribution in [1.29, 1.82) is 0 Å². The minimum absolute atomic E-state index is 0.00270. The van der Waals surface area contributed by atoms with Gasteiger partial charge in [-0.15, -0.1) is 0 Å². The second kappa shape index (κ2) is 13.1. The molecule has 0 saturated carbocycles. The fraction of sp³-hybridized carbons (Fsp3) is 0.308. The van der Waals surface area contributed by atoms with E-state index in [1.54, 1.807) is 48.5 Å². The van der Waals surface area contributed by atoms with Crippen LogP contribution in [-0.4, -0.2) is 61.4 Å². The molecule has 0 radical (unpaired) electrons. The summed E-state index contributed by atoms with van der Waals surface area (Å²) in [6.45, 7) is 2.15. The number of ether oxygens (including phenoxy) is 2. The van der Waals surface area contributed by atoms with E-state index in [0.717, 1.165) is 11.8 Å². The molecule has 0 heterocycles. The van der Waals surface area contributed by atoms with E-state index >= 15 is 0 Å². The van der Waals surface area contributed by atoms with Crippen LogP contribution in [0.2, 0.25) is 0 Å². The average Bonchev–Trinajstić information content (AvgIpc) is 2.87. The number of benzene rings is 3. The molecule has 5 N–H and O–H groups in total. The zero-order valence-electron chi connectivity index (χ0n) is 21.1. The number of sulfonamides is 1. The van der Waals surface area contributed by atoms with Gasteiger partial charge in [0.1, 0.15) is 30.0 Å². The van der Waals surface area contributed by atoms with Crippen LogP contribution < -0.4 is 24.8 Å². The zero-order chi connectivity index (χ0) is 27.8. The quantitative estimate of drug-likeness (QED) is 0.147. The summed E-state index contributed by atoms with van der Waals surface area (Å²) >= 11 is 0. The maximum atomic E-state index is 12.7. The number of para-hydroxylation sites is 1. The molecule has 0 aliphatic heterocycles. The highest BCUT2D eigenvalue weighted by atomic mass is 32.2. The van der Waals surface area contributed by atoms with Crippen LogP contribution in [0.3, 0.4) is 0 Å². The normalized spacial score (nSPS) is 14.7. The Morgan fingerprint density at radius 3 is 2.32 bits per heavy atom. The number of rotatable bonds is 14. The lowest BCUT2D eigenvalue weighted by atomic mass is 10.1. The molecular formula is C26H33N2O8PS. The number of aromatic hydroxyl groups is 1. The number of phenols is 1. The molecule has 12 heteroatoms. The lowest BCUT2D eigenvalue weighted by Gasteiger charge is -2.18. The van der Waals surface area contributed by atoms with Crippen molar-refractivity contribution in [3.63, 3.8) is 0 Å². The first-order valence-electron chi connectivity index (χ1n) is 11.9. The molecule has 3 aromatic carbocycles. The molecule has 38 heavy (non-hydrogen) atoms. The van der Waals surface area contributed by atoms with Gasteiger partial charge in [0.15, 0.2) is 6.35 Å².